The topological polar surface area (TPSA) is 49.3 Å². The Morgan fingerprint density at radius 1 is 1.05 bits per heavy atom. The maximum absolute atomic E-state index is 12.0. The maximum atomic E-state index is 12.0. The number of hydrogen-bond donors (Lipinski definition) is 2. The van der Waals surface area contributed by atoms with E-state index in [1.165, 1.54) is 11.6 Å². The third-order valence-electron chi connectivity index (χ3n) is 3.25. The Morgan fingerprint density at radius 2 is 1.62 bits per heavy atom. The van der Waals surface area contributed by atoms with Crippen LogP contribution in [0.4, 0.5) is 5.69 Å². The Hall–Kier alpha value is -2.55. The number of phenolic OH excluding ortho intramolecular Hbond substituents is 1. The molecule has 0 spiro atoms. The summed E-state index contributed by atoms with van der Waals surface area (Å²) in [7, 11) is 0. The van der Waals surface area contributed by atoms with Gasteiger partial charge >= 0.3 is 0 Å². The number of carbonyl (C=O) groups excluding carboxylic acids is 1. The molecule has 0 heterocycles. The molecule has 2 aromatic carbocycles. The molecule has 0 aliphatic carbocycles. The average molecular weight is 281 g/mol. The first-order chi connectivity index (χ1) is 9.95. The van der Waals surface area contributed by atoms with Crippen molar-refractivity contribution in [1.29, 1.82) is 0 Å². The first-order valence-electron chi connectivity index (χ1n) is 6.81. The molecule has 0 atom stereocenters. The molecule has 2 N–H and O–H groups in total. The number of carbonyl (C=O) groups is 1. The molecule has 0 radical (unpaired) electrons. The maximum Gasteiger partial charge on any atom is 0.248 e. The molecule has 0 saturated carbocycles. The second-order valence-corrected chi connectivity index (χ2v) is 5.19. The minimum absolute atomic E-state index is 0.168. The van der Waals surface area contributed by atoms with Crippen LogP contribution in [-0.4, -0.2) is 11.0 Å². The van der Waals surface area contributed by atoms with Crippen molar-refractivity contribution < 1.29 is 9.90 Å². The fourth-order valence-corrected chi connectivity index (χ4v) is 2.30. The number of aromatic hydroxyl groups is 1. The number of amides is 1. The van der Waals surface area contributed by atoms with Gasteiger partial charge in [0.25, 0.3) is 0 Å². The van der Waals surface area contributed by atoms with Crippen LogP contribution in [-0.2, 0) is 4.79 Å². The second-order valence-electron chi connectivity index (χ2n) is 5.19. The molecule has 108 valence electrons. The van der Waals surface area contributed by atoms with Crippen molar-refractivity contribution in [2.45, 2.75) is 20.8 Å². The van der Waals surface area contributed by atoms with Gasteiger partial charge in [0.1, 0.15) is 5.75 Å². The molecule has 21 heavy (non-hydrogen) atoms. The molecular weight excluding hydrogens is 262 g/mol. The molecule has 3 heteroatoms. The van der Waals surface area contributed by atoms with E-state index < -0.39 is 0 Å². The van der Waals surface area contributed by atoms with E-state index in [-0.39, 0.29) is 11.7 Å². The van der Waals surface area contributed by atoms with Gasteiger partial charge in [-0.25, -0.2) is 0 Å². The fourth-order valence-electron chi connectivity index (χ4n) is 2.30. The van der Waals surface area contributed by atoms with E-state index in [9.17, 15) is 9.90 Å². The zero-order valence-electron chi connectivity index (χ0n) is 12.5. The molecule has 3 nitrogen and oxygen atoms in total. The van der Waals surface area contributed by atoms with Crippen molar-refractivity contribution >= 4 is 17.7 Å². The quantitative estimate of drug-likeness (QED) is 0.836. The van der Waals surface area contributed by atoms with E-state index in [0.29, 0.717) is 0 Å². The third kappa shape index (κ3) is 3.96. The van der Waals surface area contributed by atoms with Crippen LogP contribution in [0.2, 0.25) is 0 Å². The number of hydrogen-bond acceptors (Lipinski definition) is 2. The second kappa shape index (κ2) is 6.27. The van der Waals surface area contributed by atoms with Crippen molar-refractivity contribution in [2.75, 3.05) is 5.32 Å². The lowest BCUT2D eigenvalue weighted by atomic mass is 10.1. The van der Waals surface area contributed by atoms with E-state index in [2.05, 4.69) is 5.32 Å². The highest BCUT2D eigenvalue weighted by molar-refractivity contribution is 6.02. The SMILES string of the molecule is Cc1cc(C)c(NC(=O)/C=C/c2ccc(O)cc2)c(C)c1. The van der Waals surface area contributed by atoms with Crippen molar-refractivity contribution in [2.24, 2.45) is 0 Å². The molecule has 0 aliphatic heterocycles. The zero-order chi connectivity index (χ0) is 15.4. The minimum Gasteiger partial charge on any atom is -0.508 e. The molecule has 1 amide bonds. The summed E-state index contributed by atoms with van der Waals surface area (Å²) in [6, 6.07) is 10.8. The third-order valence-corrected chi connectivity index (χ3v) is 3.25. The molecule has 0 aromatic heterocycles. The highest BCUT2D eigenvalue weighted by atomic mass is 16.3. The number of aryl methyl sites for hydroxylation is 3. The van der Waals surface area contributed by atoms with Crippen LogP contribution in [0.25, 0.3) is 6.08 Å². The van der Waals surface area contributed by atoms with Gasteiger partial charge in [-0.2, -0.15) is 0 Å². The van der Waals surface area contributed by atoms with Crippen molar-refractivity contribution in [3.8, 4) is 5.75 Å². The van der Waals surface area contributed by atoms with Gasteiger partial charge < -0.3 is 10.4 Å². The number of anilines is 1. The molecule has 2 aromatic rings. The molecule has 0 unspecified atom stereocenters. The largest absolute Gasteiger partial charge is 0.508 e. The molecule has 0 fully saturated rings. The molecule has 0 saturated heterocycles. The van der Waals surface area contributed by atoms with Crippen molar-refractivity contribution in [3.05, 3.63) is 64.7 Å². The van der Waals surface area contributed by atoms with Gasteiger partial charge in [0.05, 0.1) is 0 Å². The lowest BCUT2D eigenvalue weighted by Crippen LogP contribution is -2.10. The van der Waals surface area contributed by atoms with Crippen LogP contribution in [0, 0.1) is 20.8 Å². The Morgan fingerprint density at radius 3 is 2.19 bits per heavy atom. The standard InChI is InChI=1S/C18H19NO2/c1-12-10-13(2)18(14(3)11-12)19-17(21)9-6-15-4-7-16(20)8-5-15/h4-11,20H,1-3H3,(H,19,21)/b9-6+. The predicted molar refractivity (Wildman–Crippen MR) is 86.4 cm³/mol. The lowest BCUT2D eigenvalue weighted by Gasteiger charge is -2.11. The minimum atomic E-state index is -0.168. The van der Waals surface area contributed by atoms with Gasteiger partial charge in [0.15, 0.2) is 0 Å². The first-order valence-corrected chi connectivity index (χ1v) is 6.81. The summed E-state index contributed by atoms with van der Waals surface area (Å²) in [6.45, 7) is 6.01. The Labute approximate surface area is 124 Å². The van der Waals surface area contributed by atoms with Gasteiger partial charge in [0.2, 0.25) is 5.91 Å². The van der Waals surface area contributed by atoms with Gasteiger partial charge in [0, 0.05) is 11.8 Å². The van der Waals surface area contributed by atoms with Gasteiger partial charge in [-0.3, -0.25) is 4.79 Å². The smallest absolute Gasteiger partial charge is 0.248 e. The summed E-state index contributed by atoms with van der Waals surface area (Å²) < 4.78 is 0. The average Bonchev–Trinajstić information content (AvgIpc) is 2.42. The van der Waals surface area contributed by atoms with Gasteiger partial charge in [-0.05, 0) is 55.7 Å². The van der Waals surface area contributed by atoms with E-state index >= 15 is 0 Å². The summed E-state index contributed by atoms with van der Waals surface area (Å²) >= 11 is 0. The van der Waals surface area contributed by atoms with E-state index in [1.807, 2.05) is 32.9 Å². The van der Waals surface area contributed by atoms with Gasteiger partial charge in [-0.1, -0.05) is 29.8 Å². The Bertz CT molecular complexity index is 662. The Kier molecular flexibility index (Phi) is 4.43. The van der Waals surface area contributed by atoms with Crippen LogP contribution < -0.4 is 5.32 Å². The normalized spacial score (nSPS) is 10.8. The summed E-state index contributed by atoms with van der Waals surface area (Å²) in [5, 5.41) is 12.1. The highest BCUT2D eigenvalue weighted by Gasteiger charge is 2.06. The molecular formula is C18H19NO2. The molecule has 2 rings (SSSR count). The van der Waals surface area contributed by atoms with Crippen LogP contribution in [0.5, 0.6) is 5.75 Å². The van der Waals surface area contributed by atoms with Crippen LogP contribution in [0.15, 0.2) is 42.5 Å². The predicted octanol–water partition coefficient (Wildman–Crippen LogP) is 3.97. The summed E-state index contributed by atoms with van der Waals surface area (Å²) in [4.78, 5) is 12.0. The number of benzene rings is 2. The summed E-state index contributed by atoms with van der Waals surface area (Å²) in [6.07, 6.45) is 3.21. The van der Waals surface area contributed by atoms with Crippen molar-refractivity contribution in [3.63, 3.8) is 0 Å². The lowest BCUT2D eigenvalue weighted by molar-refractivity contribution is -0.111. The number of nitrogens with one attached hydrogen (secondary N) is 1. The van der Waals surface area contributed by atoms with E-state index in [0.717, 1.165) is 22.4 Å². The fraction of sp³-hybridized carbons (Fsp3) is 0.167. The summed E-state index contributed by atoms with van der Waals surface area (Å²) in [5.41, 5.74) is 5.02. The van der Waals surface area contributed by atoms with Crippen LogP contribution in [0.1, 0.15) is 22.3 Å². The highest BCUT2D eigenvalue weighted by Crippen LogP contribution is 2.22. The van der Waals surface area contributed by atoms with Crippen LogP contribution in [0.3, 0.4) is 0 Å². The van der Waals surface area contributed by atoms with Gasteiger partial charge in [-0.15, -0.1) is 0 Å². The first kappa shape index (κ1) is 14.9. The van der Waals surface area contributed by atoms with E-state index in [1.54, 1.807) is 30.3 Å². The van der Waals surface area contributed by atoms with Crippen molar-refractivity contribution in [1.82, 2.24) is 0 Å². The number of phenols is 1. The zero-order valence-corrected chi connectivity index (χ0v) is 12.5. The molecule has 0 bridgehead atoms. The number of rotatable bonds is 3. The molecule has 0 aliphatic rings. The van der Waals surface area contributed by atoms with Crippen LogP contribution >= 0.6 is 0 Å². The Balaban J connectivity index is 2.10. The van der Waals surface area contributed by atoms with E-state index in [4.69, 9.17) is 0 Å². The summed E-state index contributed by atoms with van der Waals surface area (Å²) in [5.74, 6) is 0.0423. The monoisotopic (exact) mass is 281 g/mol.